The Kier molecular flexibility index (Phi) is 11.2. The molecule has 2 aliphatic heterocycles. The van der Waals surface area contributed by atoms with Gasteiger partial charge in [-0.1, -0.05) is 6.92 Å². The van der Waals surface area contributed by atoms with Crippen LogP contribution in [0.4, 0.5) is 0 Å². The van der Waals surface area contributed by atoms with Crippen LogP contribution in [0.2, 0.25) is 0 Å². The molecule has 2 fully saturated rings. The molecule has 5 nitrogen and oxygen atoms in total. The van der Waals surface area contributed by atoms with Crippen LogP contribution in [0.3, 0.4) is 0 Å². The summed E-state index contributed by atoms with van der Waals surface area (Å²) < 4.78 is 5.66. The molecule has 0 aliphatic carbocycles. The van der Waals surface area contributed by atoms with Gasteiger partial charge in [-0.3, -0.25) is 4.99 Å². The monoisotopic (exact) mass is 438 g/mol. The Bertz CT molecular complexity index is 327. The molecule has 2 rings (SSSR count). The van der Waals surface area contributed by atoms with Gasteiger partial charge in [-0.25, -0.2) is 0 Å². The molecule has 2 aliphatic rings. The third-order valence-corrected chi connectivity index (χ3v) is 4.56. The van der Waals surface area contributed by atoms with Crippen LogP contribution in [-0.4, -0.2) is 62.3 Å². The first-order valence-corrected chi connectivity index (χ1v) is 9.20. The van der Waals surface area contributed by atoms with Crippen LogP contribution in [0.5, 0.6) is 0 Å². The molecule has 2 N–H and O–H groups in total. The van der Waals surface area contributed by atoms with Crippen molar-refractivity contribution in [3.63, 3.8) is 0 Å². The van der Waals surface area contributed by atoms with Crippen molar-refractivity contribution in [1.82, 2.24) is 15.5 Å². The molecule has 2 saturated heterocycles. The molecule has 0 aromatic carbocycles. The Balaban J connectivity index is 0.00000264. The van der Waals surface area contributed by atoms with E-state index in [1.165, 1.54) is 51.7 Å². The van der Waals surface area contributed by atoms with Crippen LogP contribution >= 0.6 is 24.0 Å². The lowest BCUT2D eigenvalue weighted by molar-refractivity contribution is 0.106. The molecule has 1 unspecified atom stereocenters. The number of nitrogens with zero attached hydrogens (tertiary/aromatic N) is 2. The maximum absolute atomic E-state index is 5.66. The van der Waals surface area contributed by atoms with Crippen molar-refractivity contribution < 1.29 is 4.74 Å². The van der Waals surface area contributed by atoms with Crippen LogP contribution in [-0.2, 0) is 4.74 Å². The van der Waals surface area contributed by atoms with Gasteiger partial charge in [-0.15, -0.1) is 24.0 Å². The zero-order valence-corrected chi connectivity index (χ0v) is 17.2. The summed E-state index contributed by atoms with van der Waals surface area (Å²) in [4.78, 5) is 7.30. The largest absolute Gasteiger partial charge is 0.378 e. The SMILES string of the molecule is CCCN1CCC(NC(=NCCC2CCCO2)NCC)CC1.I. The predicted octanol–water partition coefficient (Wildman–Crippen LogP) is 2.60. The number of rotatable bonds is 7. The molecule has 136 valence electrons. The maximum Gasteiger partial charge on any atom is 0.191 e. The first-order chi connectivity index (χ1) is 10.8. The molecule has 0 aromatic rings. The molecule has 1 atom stereocenters. The van der Waals surface area contributed by atoms with Crippen molar-refractivity contribution in [3.05, 3.63) is 0 Å². The number of guanidine groups is 1. The highest BCUT2D eigenvalue weighted by molar-refractivity contribution is 14.0. The van der Waals surface area contributed by atoms with Crippen molar-refractivity contribution in [2.45, 2.75) is 64.5 Å². The van der Waals surface area contributed by atoms with E-state index in [4.69, 9.17) is 9.73 Å². The van der Waals surface area contributed by atoms with Crippen LogP contribution in [0.25, 0.3) is 0 Å². The standard InChI is InChI=1S/C17H34N4O.HI/c1-3-11-21-12-8-15(9-13-21)20-17(18-4-2)19-10-7-16-6-5-14-22-16;/h15-16H,3-14H2,1-2H3,(H2,18,19,20);1H. The van der Waals surface area contributed by atoms with Crippen LogP contribution < -0.4 is 10.6 Å². The first kappa shape index (κ1) is 21.0. The molecule has 0 radical (unpaired) electrons. The van der Waals surface area contributed by atoms with Crippen molar-refractivity contribution in [1.29, 1.82) is 0 Å². The molecule has 0 aromatic heterocycles. The van der Waals surface area contributed by atoms with E-state index in [0.717, 1.165) is 32.1 Å². The van der Waals surface area contributed by atoms with E-state index in [9.17, 15) is 0 Å². The topological polar surface area (TPSA) is 48.9 Å². The number of nitrogens with one attached hydrogen (secondary N) is 2. The quantitative estimate of drug-likeness (QED) is 0.365. The molecule has 6 heteroatoms. The second-order valence-corrected chi connectivity index (χ2v) is 6.44. The van der Waals surface area contributed by atoms with Crippen molar-refractivity contribution in [2.24, 2.45) is 4.99 Å². The maximum atomic E-state index is 5.66. The molecule has 0 saturated carbocycles. The highest BCUT2D eigenvalue weighted by atomic mass is 127. The summed E-state index contributed by atoms with van der Waals surface area (Å²) in [5.74, 6) is 0.981. The van der Waals surface area contributed by atoms with Crippen LogP contribution in [0.1, 0.15) is 52.4 Å². The number of piperidine rings is 1. The second-order valence-electron chi connectivity index (χ2n) is 6.44. The molecular weight excluding hydrogens is 403 g/mol. The average molecular weight is 438 g/mol. The smallest absolute Gasteiger partial charge is 0.191 e. The minimum atomic E-state index is 0. The molecule has 23 heavy (non-hydrogen) atoms. The fourth-order valence-corrected chi connectivity index (χ4v) is 3.32. The first-order valence-electron chi connectivity index (χ1n) is 9.20. The van der Waals surface area contributed by atoms with E-state index in [1.54, 1.807) is 0 Å². The zero-order chi connectivity index (χ0) is 15.6. The summed E-state index contributed by atoms with van der Waals surface area (Å²) >= 11 is 0. The number of aliphatic imine (C=N–C) groups is 1. The van der Waals surface area contributed by atoms with E-state index in [0.29, 0.717) is 12.1 Å². The van der Waals surface area contributed by atoms with Gasteiger partial charge < -0.3 is 20.3 Å². The summed E-state index contributed by atoms with van der Waals surface area (Å²) in [5.41, 5.74) is 0. The highest BCUT2D eigenvalue weighted by Gasteiger charge is 2.19. The van der Waals surface area contributed by atoms with Crippen molar-refractivity contribution in [2.75, 3.05) is 39.3 Å². The summed E-state index contributed by atoms with van der Waals surface area (Å²) in [7, 11) is 0. The number of ether oxygens (including phenoxy) is 1. The lowest BCUT2D eigenvalue weighted by Gasteiger charge is -2.32. The number of halogens is 1. The van der Waals surface area contributed by atoms with Gasteiger partial charge in [0.2, 0.25) is 0 Å². The minimum Gasteiger partial charge on any atom is -0.378 e. The van der Waals surface area contributed by atoms with E-state index in [1.807, 2.05) is 0 Å². The van der Waals surface area contributed by atoms with Crippen LogP contribution in [0.15, 0.2) is 4.99 Å². The van der Waals surface area contributed by atoms with E-state index in [2.05, 4.69) is 29.4 Å². The third-order valence-electron chi connectivity index (χ3n) is 4.56. The van der Waals surface area contributed by atoms with E-state index >= 15 is 0 Å². The van der Waals surface area contributed by atoms with E-state index in [-0.39, 0.29) is 24.0 Å². The Labute approximate surface area is 159 Å². The highest BCUT2D eigenvalue weighted by Crippen LogP contribution is 2.15. The van der Waals surface area contributed by atoms with Crippen molar-refractivity contribution >= 4 is 29.9 Å². The zero-order valence-electron chi connectivity index (χ0n) is 14.9. The summed E-state index contributed by atoms with van der Waals surface area (Å²) in [6, 6.07) is 0.564. The van der Waals surface area contributed by atoms with Gasteiger partial charge in [-0.05, 0) is 52.0 Å². The molecule has 0 bridgehead atoms. The lowest BCUT2D eigenvalue weighted by atomic mass is 10.1. The van der Waals surface area contributed by atoms with Gasteiger partial charge in [0.1, 0.15) is 0 Å². The Morgan fingerprint density at radius 1 is 1.22 bits per heavy atom. The fourth-order valence-electron chi connectivity index (χ4n) is 3.32. The third kappa shape index (κ3) is 8.03. The summed E-state index contributed by atoms with van der Waals surface area (Å²) in [6.45, 7) is 10.7. The van der Waals surface area contributed by atoms with Gasteiger partial charge in [0, 0.05) is 38.8 Å². The Morgan fingerprint density at radius 2 is 2.00 bits per heavy atom. The van der Waals surface area contributed by atoms with Gasteiger partial charge in [0.05, 0.1) is 6.10 Å². The minimum absolute atomic E-state index is 0. The van der Waals surface area contributed by atoms with Crippen molar-refractivity contribution in [3.8, 4) is 0 Å². The fraction of sp³-hybridized carbons (Fsp3) is 0.941. The number of likely N-dealkylation sites (tertiary alicyclic amines) is 1. The Morgan fingerprint density at radius 3 is 2.61 bits per heavy atom. The molecule has 0 spiro atoms. The Hall–Kier alpha value is -0.0800. The molecule has 2 heterocycles. The second kappa shape index (κ2) is 12.3. The number of hydrogen-bond acceptors (Lipinski definition) is 3. The summed E-state index contributed by atoms with van der Waals surface area (Å²) in [5, 5.41) is 6.99. The molecular formula is C17H35IN4O. The number of hydrogen-bond donors (Lipinski definition) is 2. The van der Waals surface area contributed by atoms with E-state index < -0.39 is 0 Å². The summed E-state index contributed by atoms with van der Waals surface area (Å²) in [6.07, 6.45) is 7.59. The average Bonchev–Trinajstić information content (AvgIpc) is 3.03. The lowest BCUT2D eigenvalue weighted by Crippen LogP contribution is -2.48. The van der Waals surface area contributed by atoms with Gasteiger partial charge >= 0.3 is 0 Å². The predicted molar refractivity (Wildman–Crippen MR) is 108 cm³/mol. The normalized spacial score (nSPS) is 23.6. The molecule has 0 amide bonds. The van der Waals surface area contributed by atoms with Gasteiger partial charge in [-0.2, -0.15) is 0 Å². The van der Waals surface area contributed by atoms with Gasteiger partial charge in [0.25, 0.3) is 0 Å². The van der Waals surface area contributed by atoms with Crippen LogP contribution in [0, 0.1) is 0 Å². The van der Waals surface area contributed by atoms with Gasteiger partial charge in [0.15, 0.2) is 5.96 Å².